The van der Waals surface area contributed by atoms with Gasteiger partial charge in [0.25, 0.3) is 0 Å². The molecule has 1 aliphatic heterocycles. The lowest BCUT2D eigenvalue weighted by atomic mass is 9.79. The Kier molecular flexibility index (Phi) is 4.03. The van der Waals surface area contributed by atoms with E-state index in [-0.39, 0.29) is 11.4 Å². The first-order valence-corrected chi connectivity index (χ1v) is 8.32. The minimum atomic E-state index is -0.867. The number of urea groups is 2. The number of rotatable bonds is 2. The number of nitrogens with one attached hydrogen (secondary N) is 1. The molecule has 1 heterocycles. The molecule has 1 unspecified atom stereocenters. The van der Waals surface area contributed by atoms with Crippen LogP contribution in [0.25, 0.3) is 0 Å². The fourth-order valence-electron chi connectivity index (χ4n) is 2.97. The molecule has 1 N–H and O–H groups in total. The summed E-state index contributed by atoms with van der Waals surface area (Å²) in [6.07, 6.45) is 0. The van der Waals surface area contributed by atoms with E-state index < -0.39 is 11.7 Å². The van der Waals surface area contributed by atoms with Gasteiger partial charge >= 0.3 is 12.1 Å². The average Bonchev–Trinajstić information content (AvgIpc) is 2.55. The molecule has 1 saturated heterocycles. The number of imide groups is 1. The fraction of sp³-hybridized carbons (Fsp3) is 0.300. The predicted molar refractivity (Wildman–Crippen MR) is 99.6 cm³/mol. The van der Waals surface area contributed by atoms with Gasteiger partial charge in [-0.1, -0.05) is 57.2 Å². The van der Waals surface area contributed by atoms with Crippen LogP contribution in [0.3, 0.4) is 0 Å². The quantitative estimate of drug-likeness (QED) is 0.870. The van der Waals surface area contributed by atoms with Gasteiger partial charge in [-0.25, -0.2) is 14.5 Å². The molecule has 0 spiro atoms. The first-order chi connectivity index (χ1) is 11.8. The van der Waals surface area contributed by atoms with Crippen molar-refractivity contribution in [2.24, 2.45) is 5.41 Å². The summed E-state index contributed by atoms with van der Waals surface area (Å²) in [5.74, 6) is 0. The van der Waals surface area contributed by atoms with Gasteiger partial charge < -0.3 is 5.32 Å². The van der Waals surface area contributed by atoms with Gasteiger partial charge in [-0.2, -0.15) is 0 Å². The molecule has 0 aliphatic carbocycles. The Morgan fingerprint density at radius 3 is 1.80 bits per heavy atom. The Hall–Kier alpha value is -2.82. The van der Waals surface area contributed by atoms with Crippen molar-refractivity contribution in [3.63, 3.8) is 0 Å². The van der Waals surface area contributed by atoms with Crippen LogP contribution in [-0.2, 0) is 0 Å². The fourth-order valence-corrected chi connectivity index (χ4v) is 2.97. The summed E-state index contributed by atoms with van der Waals surface area (Å²) >= 11 is 0. The summed E-state index contributed by atoms with van der Waals surface area (Å²) in [4.78, 5) is 29.1. The van der Waals surface area contributed by atoms with Crippen LogP contribution in [0, 0.1) is 5.41 Å². The number of para-hydroxylation sites is 2. The molecule has 0 aromatic heterocycles. The zero-order valence-corrected chi connectivity index (χ0v) is 15.0. The topological polar surface area (TPSA) is 52.7 Å². The molecule has 5 nitrogen and oxygen atoms in total. The van der Waals surface area contributed by atoms with Gasteiger partial charge in [0, 0.05) is 11.1 Å². The number of amides is 4. The molecular formula is C20H23N3O2. The zero-order valence-electron chi connectivity index (χ0n) is 15.0. The monoisotopic (exact) mass is 337 g/mol. The van der Waals surface area contributed by atoms with E-state index in [0.29, 0.717) is 5.69 Å². The van der Waals surface area contributed by atoms with Crippen LogP contribution >= 0.6 is 0 Å². The van der Waals surface area contributed by atoms with Crippen molar-refractivity contribution in [1.82, 2.24) is 5.32 Å². The molecule has 1 fully saturated rings. The number of hydrogen-bond donors (Lipinski definition) is 1. The SMILES string of the molecule is CC(C)(C)C1(C)NC(=O)N(c2ccccc2)C(=O)N1c1ccccc1. The third-order valence-electron chi connectivity index (χ3n) is 4.87. The first kappa shape index (κ1) is 17.0. The highest BCUT2D eigenvalue weighted by Crippen LogP contribution is 2.40. The zero-order chi connectivity index (χ0) is 18.2. The van der Waals surface area contributed by atoms with E-state index >= 15 is 0 Å². The number of carbonyl (C=O) groups excluding carboxylic acids is 2. The maximum Gasteiger partial charge on any atom is 0.339 e. The molecule has 25 heavy (non-hydrogen) atoms. The van der Waals surface area contributed by atoms with Crippen LogP contribution in [0.15, 0.2) is 60.7 Å². The third-order valence-corrected chi connectivity index (χ3v) is 4.87. The molecule has 0 saturated carbocycles. The van der Waals surface area contributed by atoms with Crippen LogP contribution in [0.4, 0.5) is 21.0 Å². The largest absolute Gasteiger partial charge is 0.339 e. The van der Waals surface area contributed by atoms with Gasteiger partial charge in [0.05, 0.1) is 5.69 Å². The summed E-state index contributed by atoms with van der Waals surface area (Å²) in [5, 5.41) is 3.05. The van der Waals surface area contributed by atoms with Crippen molar-refractivity contribution in [1.29, 1.82) is 0 Å². The molecule has 3 rings (SSSR count). The maximum absolute atomic E-state index is 13.4. The lowest BCUT2D eigenvalue weighted by Gasteiger charge is -2.54. The first-order valence-electron chi connectivity index (χ1n) is 8.32. The molecule has 1 aliphatic rings. The second kappa shape index (κ2) is 5.92. The van der Waals surface area contributed by atoms with E-state index in [1.165, 1.54) is 4.90 Å². The van der Waals surface area contributed by atoms with Crippen molar-refractivity contribution in [2.75, 3.05) is 9.80 Å². The van der Waals surface area contributed by atoms with Crippen molar-refractivity contribution >= 4 is 23.4 Å². The maximum atomic E-state index is 13.4. The summed E-state index contributed by atoms with van der Waals surface area (Å²) in [6.45, 7) is 7.91. The molecule has 130 valence electrons. The number of benzene rings is 2. The lowest BCUT2D eigenvalue weighted by Crippen LogP contribution is -2.76. The van der Waals surface area contributed by atoms with Crippen LogP contribution in [0.5, 0.6) is 0 Å². The Labute approximate surface area is 148 Å². The van der Waals surface area contributed by atoms with Crippen LogP contribution in [-0.4, -0.2) is 17.7 Å². The highest BCUT2D eigenvalue weighted by molar-refractivity contribution is 6.21. The minimum absolute atomic E-state index is 0.362. The Morgan fingerprint density at radius 2 is 1.32 bits per heavy atom. The van der Waals surface area contributed by atoms with Crippen molar-refractivity contribution in [3.8, 4) is 0 Å². The molecule has 1 atom stereocenters. The van der Waals surface area contributed by atoms with E-state index in [0.717, 1.165) is 5.69 Å². The smallest absolute Gasteiger partial charge is 0.314 e. The molecule has 2 aromatic carbocycles. The normalized spacial score (nSPS) is 21.3. The second-order valence-electron chi connectivity index (χ2n) is 7.38. The van der Waals surface area contributed by atoms with Gasteiger partial charge in [-0.3, -0.25) is 4.90 Å². The van der Waals surface area contributed by atoms with E-state index in [1.54, 1.807) is 29.2 Å². The summed E-state index contributed by atoms with van der Waals surface area (Å²) in [7, 11) is 0. The van der Waals surface area contributed by atoms with Gasteiger partial charge in [0.15, 0.2) is 0 Å². The number of nitrogens with zero attached hydrogens (tertiary/aromatic N) is 2. The predicted octanol–water partition coefficient (Wildman–Crippen LogP) is 4.61. The molecular weight excluding hydrogens is 314 g/mol. The van der Waals surface area contributed by atoms with Gasteiger partial charge in [-0.05, 0) is 31.2 Å². The Balaban J connectivity index is 2.14. The number of hydrogen-bond acceptors (Lipinski definition) is 2. The Morgan fingerprint density at radius 1 is 0.840 bits per heavy atom. The molecule has 0 radical (unpaired) electrons. The number of carbonyl (C=O) groups is 2. The summed E-state index contributed by atoms with van der Waals surface area (Å²) in [5.41, 5.74) is 0.0397. The van der Waals surface area contributed by atoms with E-state index in [2.05, 4.69) is 5.32 Å². The van der Waals surface area contributed by atoms with Crippen molar-refractivity contribution in [2.45, 2.75) is 33.4 Å². The highest BCUT2D eigenvalue weighted by Gasteiger charge is 2.53. The molecule has 0 bridgehead atoms. The van der Waals surface area contributed by atoms with Crippen molar-refractivity contribution in [3.05, 3.63) is 60.7 Å². The standard InChI is InChI=1S/C20H23N3O2/c1-19(2,3)20(4)21-17(24)22(15-11-7-5-8-12-15)18(25)23(20)16-13-9-6-10-14-16/h5-14H,1-4H3,(H,21,24). The van der Waals surface area contributed by atoms with Crippen LogP contribution in [0.2, 0.25) is 0 Å². The summed E-state index contributed by atoms with van der Waals surface area (Å²) in [6, 6.07) is 17.6. The number of anilines is 2. The van der Waals surface area contributed by atoms with Gasteiger partial charge in [-0.15, -0.1) is 0 Å². The highest BCUT2D eigenvalue weighted by atomic mass is 16.2. The van der Waals surface area contributed by atoms with Crippen LogP contribution in [0.1, 0.15) is 27.7 Å². The molecule has 5 heteroatoms. The summed E-state index contributed by atoms with van der Waals surface area (Å²) < 4.78 is 0. The van der Waals surface area contributed by atoms with E-state index in [4.69, 9.17) is 0 Å². The van der Waals surface area contributed by atoms with E-state index in [1.807, 2.05) is 64.1 Å². The van der Waals surface area contributed by atoms with Crippen LogP contribution < -0.4 is 15.1 Å². The van der Waals surface area contributed by atoms with Crippen molar-refractivity contribution < 1.29 is 9.59 Å². The molecule has 2 aromatic rings. The minimum Gasteiger partial charge on any atom is -0.314 e. The second-order valence-corrected chi connectivity index (χ2v) is 7.38. The van der Waals surface area contributed by atoms with Gasteiger partial charge in [0.2, 0.25) is 0 Å². The Bertz CT molecular complexity index is 784. The van der Waals surface area contributed by atoms with Gasteiger partial charge in [0.1, 0.15) is 5.66 Å². The third kappa shape index (κ3) is 2.76. The average molecular weight is 337 g/mol. The van der Waals surface area contributed by atoms with E-state index in [9.17, 15) is 9.59 Å². The lowest BCUT2D eigenvalue weighted by molar-refractivity contribution is 0.144. The molecule has 4 amide bonds.